The SMILES string of the molecule is O=C(O)CCCC(=O)NC1CCCOC1. The number of rotatable bonds is 5. The van der Waals surface area contributed by atoms with E-state index in [1.807, 2.05) is 0 Å². The Bertz CT molecular complexity index is 223. The van der Waals surface area contributed by atoms with Gasteiger partial charge in [-0.2, -0.15) is 0 Å². The molecule has 0 aromatic heterocycles. The Kier molecular flexibility index (Phi) is 5.10. The van der Waals surface area contributed by atoms with Gasteiger partial charge in [0.25, 0.3) is 0 Å². The molecule has 0 radical (unpaired) electrons. The molecule has 1 fully saturated rings. The van der Waals surface area contributed by atoms with Gasteiger partial charge in [0.05, 0.1) is 12.6 Å². The molecule has 15 heavy (non-hydrogen) atoms. The highest BCUT2D eigenvalue weighted by Crippen LogP contribution is 2.06. The Labute approximate surface area is 88.8 Å². The van der Waals surface area contributed by atoms with E-state index in [2.05, 4.69) is 5.32 Å². The summed E-state index contributed by atoms with van der Waals surface area (Å²) in [6.07, 6.45) is 2.65. The van der Waals surface area contributed by atoms with E-state index in [-0.39, 0.29) is 24.8 Å². The average molecular weight is 215 g/mol. The molecule has 1 rings (SSSR count). The number of carboxylic acid groups (broad SMARTS) is 1. The fourth-order valence-corrected chi connectivity index (χ4v) is 1.55. The lowest BCUT2D eigenvalue weighted by Crippen LogP contribution is -2.40. The molecule has 1 heterocycles. The second-order valence-corrected chi connectivity index (χ2v) is 3.73. The Morgan fingerprint density at radius 3 is 2.80 bits per heavy atom. The summed E-state index contributed by atoms with van der Waals surface area (Å²) < 4.78 is 5.22. The average Bonchev–Trinajstić information content (AvgIpc) is 2.18. The molecule has 1 aliphatic heterocycles. The highest BCUT2D eigenvalue weighted by molar-refractivity contribution is 5.77. The predicted molar refractivity (Wildman–Crippen MR) is 53.5 cm³/mol. The van der Waals surface area contributed by atoms with Crippen molar-refractivity contribution in [2.75, 3.05) is 13.2 Å². The van der Waals surface area contributed by atoms with E-state index in [0.29, 0.717) is 13.0 Å². The predicted octanol–water partition coefficient (Wildman–Crippen LogP) is 0.536. The van der Waals surface area contributed by atoms with Crippen LogP contribution in [0.25, 0.3) is 0 Å². The van der Waals surface area contributed by atoms with Crippen molar-refractivity contribution < 1.29 is 19.4 Å². The van der Waals surface area contributed by atoms with Gasteiger partial charge in [0.1, 0.15) is 0 Å². The lowest BCUT2D eigenvalue weighted by molar-refractivity contribution is -0.137. The minimum absolute atomic E-state index is 0.0502. The van der Waals surface area contributed by atoms with E-state index in [1.54, 1.807) is 0 Å². The number of carbonyl (C=O) groups excluding carboxylic acids is 1. The van der Waals surface area contributed by atoms with Crippen LogP contribution in [0.5, 0.6) is 0 Å². The van der Waals surface area contributed by atoms with Crippen LogP contribution in [0.4, 0.5) is 0 Å². The third kappa shape index (κ3) is 5.37. The quantitative estimate of drug-likeness (QED) is 0.701. The molecule has 1 atom stereocenters. The van der Waals surface area contributed by atoms with Crippen molar-refractivity contribution in [3.63, 3.8) is 0 Å². The van der Waals surface area contributed by atoms with E-state index in [1.165, 1.54) is 0 Å². The summed E-state index contributed by atoms with van der Waals surface area (Å²) in [5.74, 6) is -0.935. The molecule has 0 saturated carbocycles. The zero-order valence-corrected chi connectivity index (χ0v) is 8.70. The van der Waals surface area contributed by atoms with Crippen LogP contribution >= 0.6 is 0 Å². The first kappa shape index (κ1) is 12.0. The van der Waals surface area contributed by atoms with Crippen LogP contribution in [0.2, 0.25) is 0 Å². The lowest BCUT2D eigenvalue weighted by Gasteiger charge is -2.23. The number of carboxylic acids is 1. The molecular weight excluding hydrogens is 198 g/mol. The molecule has 2 N–H and O–H groups in total. The maximum absolute atomic E-state index is 11.3. The monoisotopic (exact) mass is 215 g/mol. The van der Waals surface area contributed by atoms with Gasteiger partial charge < -0.3 is 15.2 Å². The van der Waals surface area contributed by atoms with Gasteiger partial charge in [0.15, 0.2) is 0 Å². The van der Waals surface area contributed by atoms with Crippen LogP contribution in [0.1, 0.15) is 32.1 Å². The summed E-state index contributed by atoms with van der Waals surface area (Å²) in [6.45, 7) is 1.34. The summed E-state index contributed by atoms with van der Waals surface area (Å²) in [5, 5.41) is 11.2. The zero-order chi connectivity index (χ0) is 11.1. The Morgan fingerprint density at radius 2 is 2.20 bits per heavy atom. The van der Waals surface area contributed by atoms with Gasteiger partial charge in [-0.15, -0.1) is 0 Å². The number of nitrogens with one attached hydrogen (secondary N) is 1. The van der Waals surface area contributed by atoms with Crippen molar-refractivity contribution in [1.29, 1.82) is 0 Å². The first-order valence-electron chi connectivity index (χ1n) is 5.27. The molecule has 1 saturated heterocycles. The second kappa shape index (κ2) is 6.40. The maximum Gasteiger partial charge on any atom is 0.303 e. The molecule has 1 unspecified atom stereocenters. The largest absolute Gasteiger partial charge is 0.481 e. The molecule has 0 aliphatic carbocycles. The molecule has 1 amide bonds. The summed E-state index contributed by atoms with van der Waals surface area (Å²) in [5.41, 5.74) is 0. The fraction of sp³-hybridized carbons (Fsp3) is 0.800. The number of ether oxygens (including phenoxy) is 1. The molecule has 0 aromatic rings. The fourth-order valence-electron chi connectivity index (χ4n) is 1.55. The van der Waals surface area contributed by atoms with Crippen LogP contribution in [0.3, 0.4) is 0 Å². The summed E-state index contributed by atoms with van der Waals surface area (Å²) in [4.78, 5) is 21.6. The molecular formula is C10H17NO4. The Hall–Kier alpha value is -1.10. The smallest absolute Gasteiger partial charge is 0.303 e. The second-order valence-electron chi connectivity index (χ2n) is 3.73. The topological polar surface area (TPSA) is 75.6 Å². The number of hydrogen-bond acceptors (Lipinski definition) is 3. The Morgan fingerprint density at radius 1 is 1.40 bits per heavy atom. The molecule has 0 bridgehead atoms. The van der Waals surface area contributed by atoms with Crippen molar-refractivity contribution in [2.45, 2.75) is 38.1 Å². The van der Waals surface area contributed by atoms with Crippen molar-refractivity contribution in [1.82, 2.24) is 5.32 Å². The summed E-state index contributed by atoms with van der Waals surface area (Å²) in [7, 11) is 0. The number of hydrogen-bond donors (Lipinski definition) is 2. The molecule has 1 aliphatic rings. The third-order valence-corrected chi connectivity index (χ3v) is 2.32. The summed E-state index contributed by atoms with van der Waals surface area (Å²) >= 11 is 0. The normalized spacial score (nSPS) is 20.9. The zero-order valence-electron chi connectivity index (χ0n) is 8.70. The first-order valence-corrected chi connectivity index (χ1v) is 5.27. The number of aliphatic carboxylic acids is 1. The minimum atomic E-state index is -0.858. The number of amides is 1. The number of carbonyl (C=O) groups is 2. The van der Waals surface area contributed by atoms with Gasteiger partial charge in [-0.1, -0.05) is 0 Å². The van der Waals surface area contributed by atoms with Crippen molar-refractivity contribution >= 4 is 11.9 Å². The standard InChI is InChI=1S/C10H17NO4/c12-9(4-1-5-10(13)14)11-8-3-2-6-15-7-8/h8H,1-7H2,(H,11,12)(H,13,14). The van der Waals surface area contributed by atoms with Crippen molar-refractivity contribution in [3.05, 3.63) is 0 Å². The van der Waals surface area contributed by atoms with E-state index in [0.717, 1.165) is 19.4 Å². The molecule has 86 valence electrons. The van der Waals surface area contributed by atoms with Gasteiger partial charge in [-0.05, 0) is 19.3 Å². The van der Waals surface area contributed by atoms with Crippen LogP contribution in [0.15, 0.2) is 0 Å². The van der Waals surface area contributed by atoms with Gasteiger partial charge in [0.2, 0.25) is 5.91 Å². The van der Waals surface area contributed by atoms with Crippen molar-refractivity contribution in [3.8, 4) is 0 Å². The van der Waals surface area contributed by atoms with E-state index < -0.39 is 5.97 Å². The summed E-state index contributed by atoms with van der Waals surface area (Å²) in [6, 6.07) is 0.107. The van der Waals surface area contributed by atoms with Crippen molar-refractivity contribution in [2.24, 2.45) is 0 Å². The van der Waals surface area contributed by atoms with Gasteiger partial charge in [-0.25, -0.2) is 0 Å². The van der Waals surface area contributed by atoms with Gasteiger partial charge in [-0.3, -0.25) is 9.59 Å². The van der Waals surface area contributed by atoms with Crippen LogP contribution in [0, 0.1) is 0 Å². The third-order valence-electron chi connectivity index (χ3n) is 2.32. The maximum atomic E-state index is 11.3. The van der Waals surface area contributed by atoms with Crippen LogP contribution in [-0.4, -0.2) is 36.2 Å². The minimum Gasteiger partial charge on any atom is -0.481 e. The van der Waals surface area contributed by atoms with E-state index in [9.17, 15) is 9.59 Å². The molecule has 5 heteroatoms. The highest BCUT2D eigenvalue weighted by atomic mass is 16.5. The molecule has 0 aromatic carbocycles. The lowest BCUT2D eigenvalue weighted by atomic mass is 10.1. The van der Waals surface area contributed by atoms with Gasteiger partial charge in [0, 0.05) is 19.4 Å². The highest BCUT2D eigenvalue weighted by Gasteiger charge is 2.15. The first-order chi connectivity index (χ1) is 7.18. The molecule has 5 nitrogen and oxygen atoms in total. The van der Waals surface area contributed by atoms with Crippen LogP contribution < -0.4 is 5.32 Å². The van der Waals surface area contributed by atoms with E-state index in [4.69, 9.17) is 9.84 Å². The Balaban J connectivity index is 2.09. The van der Waals surface area contributed by atoms with Gasteiger partial charge >= 0.3 is 5.97 Å². The molecule has 0 spiro atoms. The van der Waals surface area contributed by atoms with E-state index >= 15 is 0 Å². The van der Waals surface area contributed by atoms with Crippen LogP contribution in [-0.2, 0) is 14.3 Å².